The fourth-order valence-corrected chi connectivity index (χ4v) is 2.18. The van der Waals surface area contributed by atoms with Gasteiger partial charge in [-0.25, -0.2) is 0 Å². The van der Waals surface area contributed by atoms with Gasteiger partial charge in [-0.2, -0.15) is 0 Å². The summed E-state index contributed by atoms with van der Waals surface area (Å²) in [6, 6.07) is 0. The first-order valence-electron chi connectivity index (χ1n) is 4.05. The number of hydrogen-bond acceptors (Lipinski definition) is 0. The maximum absolute atomic E-state index is 2.31. The first-order chi connectivity index (χ1) is 4.35. The van der Waals surface area contributed by atoms with Crippen molar-refractivity contribution in [3.8, 4) is 0 Å². The fourth-order valence-electron chi connectivity index (χ4n) is 0.981. The monoisotopic (exact) mass is 190 g/mol. The molecule has 0 aromatic rings. The zero-order valence-electron chi connectivity index (χ0n) is 6.69. The molecule has 0 N–H and O–H groups in total. The van der Waals surface area contributed by atoms with Crippen LogP contribution in [0.4, 0.5) is 0 Å². The summed E-state index contributed by atoms with van der Waals surface area (Å²) < 4.78 is 0. The summed E-state index contributed by atoms with van der Waals surface area (Å²) in [5, 5.41) is 1.43. The number of unbranched alkanes of at least 4 members (excludes halogenated alkanes) is 1. The molecule has 0 fully saturated rings. The van der Waals surface area contributed by atoms with Crippen LogP contribution in [0.15, 0.2) is 0 Å². The molecule has 0 amide bonds. The minimum atomic E-state index is 1.03. The van der Waals surface area contributed by atoms with Crippen molar-refractivity contribution in [3.63, 3.8) is 0 Å². The molecule has 0 aliphatic heterocycles. The van der Waals surface area contributed by atoms with Crippen LogP contribution in [0.25, 0.3) is 0 Å². The first kappa shape index (κ1) is 9.56. The van der Waals surface area contributed by atoms with Crippen LogP contribution in [0, 0.1) is 5.92 Å². The Kier molecular flexibility index (Phi) is 7.09. The van der Waals surface area contributed by atoms with E-state index in [1.54, 1.807) is 0 Å². The van der Waals surface area contributed by atoms with Crippen LogP contribution in [0.5, 0.6) is 0 Å². The van der Waals surface area contributed by atoms with E-state index < -0.39 is 0 Å². The van der Waals surface area contributed by atoms with Crippen molar-refractivity contribution in [2.75, 3.05) is 0 Å². The molecule has 0 aromatic carbocycles. The van der Waals surface area contributed by atoms with Gasteiger partial charge < -0.3 is 0 Å². The number of rotatable bonds is 5. The zero-order valence-corrected chi connectivity index (χ0v) is 9.11. The Morgan fingerprint density at radius 1 is 1.33 bits per heavy atom. The molecule has 9 heavy (non-hydrogen) atoms. The van der Waals surface area contributed by atoms with E-state index in [-0.39, 0.29) is 0 Å². The summed E-state index contributed by atoms with van der Waals surface area (Å²) >= 11 is 1.89. The third-order valence-corrected chi connectivity index (χ3v) is 3.28. The molecule has 0 aliphatic carbocycles. The Hall–Kier alpha value is 0.558. The summed E-state index contributed by atoms with van der Waals surface area (Å²) in [6.45, 7) is 4.58. The summed E-state index contributed by atoms with van der Waals surface area (Å²) in [5.74, 6) is 1.03. The van der Waals surface area contributed by atoms with Gasteiger partial charge in [-0.05, 0) is 0 Å². The molecule has 0 rings (SSSR count). The van der Waals surface area contributed by atoms with Crippen LogP contribution in [-0.2, 0) is 0 Å². The summed E-state index contributed by atoms with van der Waals surface area (Å²) in [7, 11) is 0. The van der Waals surface area contributed by atoms with Crippen molar-refractivity contribution < 1.29 is 0 Å². The molecule has 0 spiro atoms. The first-order valence-corrected chi connectivity index (χ1v) is 5.76. The number of hydrogen-bond donors (Lipinski definition) is 0. The second-order valence-electron chi connectivity index (χ2n) is 2.65. The molecule has 0 nitrogen and oxygen atoms in total. The van der Waals surface area contributed by atoms with Gasteiger partial charge in [0.25, 0.3) is 0 Å². The standard InChI is InChI=1S/C8H19As/c1-3-5-6-8(4-2)7-9/h8H,3-7,9H2,1-2H3. The Bertz CT molecular complexity index is 48.5. The molecule has 56 valence electrons. The average molecular weight is 190 g/mol. The van der Waals surface area contributed by atoms with Crippen molar-refractivity contribution in [1.29, 1.82) is 0 Å². The molecule has 0 aliphatic rings. The predicted molar refractivity (Wildman–Crippen MR) is 46.7 cm³/mol. The van der Waals surface area contributed by atoms with Gasteiger partial charge in [0.15, 0.2) is 0 Å². The van der Waals surface area contributed by atoms with Crippen LogP contribution < -0.4 is 0 Å². The van der Waals surface area contributed by atoms with E-state index in [2.05, 4.69) is 13.8 Å². The van der Waals surface area contributed by atoms with Crippen LogP contribution in [0.3, 0.4) is 0 Å². The van der Waals surface area contributed by atoms with E-state index in [0.29, 0.717) is 0 Å². The SMILES string of the molecule is CCCCC(CC)C[AsH2]. The molecule has 2 atom stereocenters. The molecule has 0 radical (unpaired) electrons. The third kappa shape index (κ3) is 5.03. The molecule has 1 heteroatoms. The van der Waals surface area contributed by atoms with Gasteiger partial charge in [0.05, 0.1) is 0 Å². The maximum atomic E-state index is 2.31. The predicted octanol–water partition coefficient (Wildman–Crippen LogP) is 2.25. The second kappa shape index (κ2) is 6.68. The minimum absolute atomic E-state index is 1.03. The summed E-state index contributed by atoms with van der Waals surface area (Å²) in [6.07, 6.45) is 5.65. The van der Waals surface area contributed by atoms with E-state index in [1.165, 1.54) is 30.9 Å². The average Bonchev–Trinajstić information content (AvgIpc) is 1.91. The van der Waals surface area contributed by atoms with E-state index in [0.717, 1.165) is 5.92 Å². The fraction of sp³-hybridized carbons (Fsp3) is 1.00. The van der Waals surface area contributed by atoms with Gasteiger partial charge in [0.1, 0.15) is 0 Å². The molecule has 0 heterocycles. The molecular formula is C8H19As. The van der Waals surface area contributed by atoms with Gasteiger partial charge in [-0.15, -0.1) is 0 Å². The van der Waals surface area contributed by atoms with Gasteiger partial charge in [0.2, 0.25) is 0 Å². The topological polar surface area (TPSA) is 0 Å². The van der Waals surface area contributed by atoms with Gasteiger partial charge >= 0.3 is 67.5 Å². The molecule has 0 aromatic heterocycles. The van der Waals surface area contributed by atoms with Gasteiger partial charge in [-0.1, -0.05) is 0 Å². The Labute approximate surface area is 67.9 Å². The molecule has 2 unspecified atom stereocenters. The quantitative estimate of drug-likeness (QED) is 0.583. The van der Waals surface area contributed by atoms with Gasteiger partial charge in [0, 0.05) is 0 Å². The van der Waals surface area contributed by atoms with E-state index in [4.69, 9.17) is 0 Å². The molecular weight excluding hydrogens is 171 g/mol. The van der Waals surface area contributed by atoms with Crippen LogP contribution in [0.1, 0.15) is 39.5 Å². The molecule has 0 saturated heterocycles. The van der Waals surface area contributed by atoms with Crippen LogP contribution in [0.2, 0.25) is 5.21 Å². The second-order valence-corrected chi connectivity index (χ2v) is 3.64. The zero-order chi connectivity index (χ0) is 7.11. The summed E-state index contributed by atoms with van der Waals surface area (Å²) in [5.41, 5.74) is 0. The van der Waals surface area contributed by atoms with E-state index in [1.807, 2.05) is 16.9 Å². The van der Waals surface area contributed by atoms with E-state index in [9.17, 15) is 0 Å². The van der Waals surface area contributed by atoms with Crippen molar-refractivity contribution >= 4 is 16.9 Å². The normalized spacial score (nSPS) is 13.7. The van der Waals surface area contributed by atoms with Gasteiger partial charge in [-0.3, -0.25) is 0 Å². The van der Waals surface area contributed by atoms with Crippen molar-refractivity contribution in [1.82, 2.24) is 0 Å². The Balaban J connectivity index is 3.09. The van der Waals surface area contributed by atoms with E-state index >= 15 is 0 Å². The summed E-state index contributed by atoms with van der Waals surface area (Å²) in [4.78, 5) is 0. The van der Waals surface area contributed by atoms with Crippen molar-refractivity contribution in [2.45, 2.75) is 44.7 Å². The van der Waals surface area contributed by atoms with Crippen molar-refractivity contribution in [3.05, 3.63) is 0 Å². The third-order valence-electron chi connectivity index (χ3n) is 1.88. The van der Waals surface area contributed by atoms with Crippen molar-refractivity contribution in [2.24, 2.45) is 5.92 Å². The molecule has 0 saturated carbocycles. The molecule has 0 bridgehead atoms. The van der Waals surface area contributed by atoms with Crippen LogP contribution >= 0.6 is 0 Å². The Morgan fingerprint density at radius 2 is 2.00 bits per heavy atom. The van der Waals surface area contributed by atoms with Crippen LogP contribution in [-0.4, -0.2) is 16.9 Å². The Morgan fingerprint density at radius 3 is 2.33 bits per heavy atom.